The van der Waals surface area contributed by atoms with Crippen LogP contribution in [0, 0.1) is 0 Å². The maximum atomic E-state index is 4.46. The monoisotopic (exact) mass is 235 g/mol. The normalized spacial score (nSPS) is 22.1. The molecule has 2 heterocycles. The first kappa shape index (κ1) is 11.0. The van der Waals surface area contributed by atoms with E-state index >= 15 is 0 Å². The van der Waals surface area contributed by atoms with Crippen molar-refractivity contribution >= 4 is 0 Å². The maximum absolute atomic E-state index is 4.46. The summed E-state index contributed by atoms with van der Waals surface area (Å²) in [6.07, 6.45) is 6.76. The second kappa shape index (κ2) is 4.66. The van der Waals surface area contributed by atoms with Gasteiger partial charge >= 0.3 is 0 Å². The van der Waals surface area contributed by atoms with Crippen molar-refractivity contribution in [2.45, 2.75) is 25.4 Å². The van der Waals surface area contributed by atoms with E-state index in [4.69, 9.17) is 0 Å². The summed E-state index contributed by atoms with van der Waals surface area (Å²) in [6, 6.07) is 0.754. The van der Waals surface area contributed by atoms with Crippen LogP contribution in [0.2, 0.25) is 0 Å². The van der Waals surface area contributed by atoms with Crippen molar-refractivity contribution in [2.24, 2.45) is 0 Å². The van der Waals surface area contributed by atoms with Crippen molar-refractivity contribution in [3.8, 4) is 0 Å². The third kappa shape index (κ3) is 2.79. The number of rotatable bonds is 4. The smallest absolute Gasteiger partial charge is 0.114 e. The average Bonchev–Trinajstić information content (AvgIpc) is 3.06. The molecule has 5 heteroatoms. The molecule has 94 valence electrons. The zero-order valence-corrected chi connectivity index (χ0v) is 10.5. The molecule has 0 radical (unpaired) electrons. The van der Waals surface area contributed by atoms with Crippen molar-refractivity contribution in [3.63, 3.8) is 0 Å². The van der Waals surface area contributed by atoms with Gasteiger partial charge in [0.25, 0.3) is 0 Å². The van der Waals surface area contributed by atoms with Crippen LogP contribution in [-0.2, 0) is 6.54 Å². The maximum Gasteiger partial charge on any atom is 0.114 e. The van der Waals surface area contributed by atoms with E-state index in [0.29, 0.717) is 0 Å². The van der Waals surface area contributed by atoms with Gasteiger partial charge < -0.3 is 15.2 Å². The fourth-order valence-electron chi connectivity index (χ4n) is 2.16. The molecule has 1 aromatic rings. The molecule has 1 saturated heterocycles. The lowest BCUT2D eigenvalue weighted by atomic mass is 10.4. The number of aromatic nitrogens is 2. The van der Waals surface area contributed by atoms with Crippen molar-refractivity contribution in [1.82, 2.24) is 19.9 Å². The van der Waals surface area contributed by atoms with Crippen LogP contribution in [0.1, 0.15) is 18.5 Å². The molecule has 3 rings (SSSR count). The molecule has 0 spiro atoms. The first-order valence-electron chi connectivity index (χ1n) is 6.51. The topological polar surface area (TPSA) is 36.3 Å². The molecule has 0 aromatic carbocycles. The summed E-state index contributed by atoms with van der Waals surface area (Å²) in [5, 5.41) is 5.85. The lowest BCUT2D eigenvalue weighted by molar-refractivity contribution is 0.287. The van der Waals surface area contributed by atoms with E-state index in [1.165, 1.54) is 12.8 Å². The molecule has 1 saturated carbocycles. The van der Waals surface area contributed by atoms with Crippen LogP contribution in [0.5, 0.6) is 0 Å². The SMILES string of the molecule is CN1CCN(n2cnc(CNC3CC3)c2)CC1. The van der Waals surface area contributed by atoms with Gasteiger partial charge in [0, 0.05) is 38.8 Å². The molecule has 1 N–H and O–H groups in total. The minimum atomic E-state index is 0.754. The highest BCUT2D eigenvalue weighted by Crippen LogP contribution is 2.19. The quantitative estimate of drug-likeness (QED) is 0.798. The summed E-state index contributed by atoms with van der Waals surface area (Å²) in [5.41, 5.74) is 1.15. The number of imidazole rings is 1. The van der Waals surface area contributed by atoms with E-state index in [2.05, 4.69) is 38.1 Å². The molecule has 5 nitrogen and oxygen atoms in total. The van der Waals surface area contributed by atoms with E-state index in [1.54, 1.807) is 0 Å². The molecule has 0 unspecified atom stereocenters. The van der Waals surface area contributed by atoms with Gasteiger partial charge in [-0.1, -0.05) is 0 Å². The minimum absolute atomic E-state index is 0.754. The molecule has 1 aromatic heterocycles. The Bertz CT molecular complexity index is 363. The van der Waals surface area contributed by atoms with E-state index in [9.17, 15) is 0 Å². The Morgan fingerprint density at radius 3 is 2.76 bits per heavy atom. The third-order valence-electron chi connectivity index (χ3n) is 3.58. The van der Waals surface area contributed by atoms with E-state index < -0.39 is 0 Å². The number of nitrogens with one attached hydrogen (secondary N) is 1. The highest BCUT2D eigenvalue weighted by atomic mass is 15.6. The van der Waals surface area contributed by atoms with Crippen molar-refractivity contribution in [1.29, 1.82) is 0 Å². The predicted octanol–water partition coefficient (Wildman–Crippen LogP) is 0.0185. The summed E-state index contributed by atoms with van der Waals surface area (Å²) in [4.78, 5) is 6.82. The van der Waals surface area contributed by atoms with Gasteiger partial charge in [-0.05, 0) is 19.9 Å². The number of nitrogens with zero attached hydrogens (tertiary/aromatic N) is 4. The van der Waals surface area contributed by atoms with Gasteiger partial charge in [0.05, 0.1) is 11.9 Å². The number of hydrogen-bond donors (Lipinski definition) is 1. The Kier molecular flexibility index (Phi) is 3.03. The van der Waals surface area contributed by atoms with Crippen LogP contribution in [0.25, 0.3) is 0 Å². The van der Waals surface area contributed by atoms with Crippen LogP contribution in [0.15, 0.2) is 12.5 Å². The molecular formula is C12H21N5. The molecule has 1 aliphatic carbocycles. The number of likely N-dealkylation sites (N-methyl/N-ethyl adjacent to an activating group) is 1. The number of hydrogen-bond acceptors (Lipinski definition) is 4. The average molecular weight is 235 g/mol. The zero-order valence-electron chi connectivity index (χ0n) is 10.5. The Hall–Kier alpha value is -1.07. The van der Waals surface area contributed by atoms with Gasteiger partial charge in [-0.2, -0.15) is 0 Å². The van der Waals surface area contributed by atoms with Gasteiger partial charge in [-0.3, -0.25) is 4.68 Å². The fraction of sp³-hybridized carbons (Fsp3) is 0.750. The second-order valence-corrected chi connectivity index (χ2v) is 5.16. The van der Waals surface area contributed by atoms with E-state index in [1.807, 2.05) is 6.33 Å². The minimum Gasteiger partial charge on any atom is -0.309 e. The van der Waals surface area contributed by atoms with Gasteiger partial charge in [-0.15, -0.1) is 0 Å². The molecule has 1 aliphatic heterocycles. The largest absolute Gasteiger partial charge is 0.309 e. The molecule has 17 heavy (non-hydrogen) atoms. The first-order chi connectivity index (χ1) is 8.31. The fourth-order valence-corrected chi connectivity index (χ4v) is 2.16. The lowest BCUT2D eigenvalue weighted by Gasteiger charge is -2.34. The molecule has 0 amide bonds. The highest BCUT2D eigenvalue weighted by molar-refractivity contribution is 5.02. The van der Waals surface area contributed by atoms with Crippen molar-refractivity contribution in [3.05, 3.63) is 18.2 Å². The van der Waals surface area contributed by atoms with Crippen molar-refractivity contribution in [2.75, 3.05) is 38.2 Å². The highest BCUT2D eigenvalue weighted by Gasteiger charge is 2.20. The Morgan fingerprint density at radius 1 is 1.29 bits per heavy atom. The summed E-state index contributed by atoms with van der Waals surface area (Å²) in [6.45, 7) is 5.35. The van der Waals surface area contributed by atoms with E-state index in [-0.39, 0.29) is 0 Å². The molecule has 0 bridgehead atoms. The van der Waals surface area contributed by atoms with E-state index in [0.717, 1.165) is 44.5 Å². The summed E-state index contributed by atoms with van der Waals surface area (Å²) in [5.74, 6) is 0. The number of piperazine rings is 1. The van der Waals surface area contributed by atoms with Gasteiger partial charge in [-0.25, -0.2) is 4.98 Å². The Labute approximate surface area is 102 Å². The summed E-state index contributed by atoms with van der Waals surface area (Å²) >= 11 is 0. The molecule has 2 fully saturated rings. The van der Waals surface area contributed by atoms with Crippen LogP contribution in [0.4, 0.5) is 0 Å². The van der Waals surface area contributed by atoms with Crippen LogP contribution < -0.4 is 10.3 Å². The van der Waals surface area contributed by atoms with Crippen molar-refractivity contribution < 1.29 is 0 Å². The van der Waals surface area contributed by atoms with Crippen LogP contribution in [-0.4, -0.2) is 53.8 Å². The standard InChI is InChI=1S/C12H21N5/c1-15-4-6-16(7-5-15)17-9-12(14-10-17)8-13-11-2-3-11/h9-11,13H,2-8H2,1H3. The second-order valence-electron chi connectivity index (χ2n) is 5.16. The molecular weight excluding hydrogens is 214 g/mol. The van der Waals surface area contributed by atoms with Crippen LogP contribution in [0.3, 0.4) is 0 Å². The summed E-state index contributed by atoms with van der Waals surface area (Å²) < 4.78 is 2.15. The predicted molar refractivity (Wildman–Crippen MR) is 67.5 cm³/mol. The van der Waals surface area contributed by atoms with Crippen LogP contribution >= 0.6 is 0 Å². The lowest BCUT2D eigenvalue weighted by Crippen LogP contribution is -2.49. The van der Waals surface area contributed by atoms with Gasteiger partial charge in [0.15, 0.2) is 0 Å². The third-order valence-corrected chi connectivity index (χ3v) is 3.58. The Morgan fingerprint density at radius 2 is 2.06 bits per heavy atom. The first-order valence-corrected chi connectivity index (χ1v) is 6.51. The van der Waals surface area contributed by atoms with Gasteiger partial charge in [0.2, 0.25) is 0 Å². The molecule has 0 atom stereocenters. The molecule has 2 aliphatic rings. The Balaban J connectivity index is 1.55. The van der Waals surface area contributed by atoms with Gasteiger partial charge in [0.1, 0.15) is 6.33 Å². The zero-order chi connectivity index (χ0) is 11.7. The summed E-state index contributed by atoms with van der Waals surface area (Å²) in [7, 11) is 2.18.